The SMILES string of the molecule is COCCn1c(=NC(=O)CSCC(=O)Nc2sc3c(c2C(=O)OC)CCCC3)sc2cc([N+](=O)[O-])ccc21. The van der Waals surface area contributed by atoms with E-state index in [-0.39, 0.29) is 23.1 Å². The minimum Gasteiger partial charge on any atom is -0.465 e. The van der Waals surface area contributed by atoms with Crippen LogP contribution in [-0.2, 0) is 38.4 Å². The van der Waals surface area contributed by atoms with Crippen molar-refractivity contribution in [2.24, 2.45) is 4.99 Å². The highest BCUT2D eigenvalue weighted by Crippen LogP contribution is 2.38. The first-order valence-corrected chi connectivity index (χ1v) is 14.6. The fraction of sp³-hybridized carbons (Fsp3) is 0.417. The quantitative estimate of drug-likeness (QED) is 0.218. The summed E-state index contributed by atoms with van der Waals surface area (Å²) in [5.74, 6) is -1.24. The van der Waals surface area contributed by atoms with Crippen molar-refractivity contribution in [2.75, 3.05) is 37.6 Å². The third kappa shape index (κ3) is 6.31. The molecule has 202 valence electrons. The highest BCUT2D eigenvalue weighted by Gasteiger charge is 2.27. The number of carbonyl (C=O) groups excluding carboxylic acids is 3. The molecule has 2 amide bonds. The van der Waals surface area contributed by atoms with Crippen LogP contribution >= 0.6 is 34.4 Å². The normalized spacial score (nSPS) is 13.4. The van der Waals surface area contributed by atoms with Crippen LogP contribution in [0.5, 0.6) is 0 Å². The zero-order chi connectivity index (χ0) is 27.2. The van der Waals surface area contributed by atoms with Gasteiger partial charge in [-0.05, 0) is 37.3 Å². The predicted molar refractivity (Wildman–Crippen MR) is 147 cm³/mol. The molecule has 1 aliphatic rings. The molecule has 3 aromatic rings. The summed E-state index contributed by atoms with van der Waals surface area (Å²) in [5, 5.41) is 14.4. The number of thioether (sulfide) groups is 1. The molecule has 11 nitrogen and oxygen atoms in total. The first-order valence-electron chi connectivity index (χ1n) is 11.8. The average Bonchev–Trinajstić information content (AvgIpc) is 3.43. The van der Waals surface area contributed by atoms with Gasteiger partial charge in [0, 0.05) is 30.7 Å². The molecule has 0 radical (unpaired) electrons. The van der Waals surface area contributed by atoms with Gasteiger partial charge < -0.3 is 19.4 Å². The van der Waals surface area contributed by atoms with E-state index in [2.05, 4.69) is 10.3 Å². The number of non-ortho nitro benzene ring substituents is 1. The number of ether oxygens (including phenoxy) is 2. The molecule has 0 unspecified atom stereocenters. The highest BCUT2D eigenvalue weighted by atomic mass is 32.2. The Kier molecular flexibility index (Phi) is 9.31. The summed E-state index contributed by atoms with van der Waals surface area (Å²) < 4.78 is 12.5. The summed E-state index contributed by atoms with van der Waals surface area (Å²) in [4.78, 5) is 54.0. The van der Waals surface area contributed by atoms with Crippen molar-refractivity contribution >= 4 is 73.1 Å². The number of thiazole rings is 1. The number of amides is 2. The molecular weight excluding hydrogens is 552 g/mol. The second kappa shape index (κ2) is 12.7. The molecule has 1 N–H and O–H groups in total. The maximum Gasteiger partial charge on any atom is 0.341 e. The van der Waals surface area contributed by atoms with Gasteiger partial charge in [0.1, 0.15) is 5.00 Å². The number of benzene rings is 1. The number of nitrogens with zero attached hydrogens (tertiary/aromatic N) is 3. The van der Waals surface area contributed by atoms with E-state index in [0.717, 1.165) is 53.4 Å². The minimum absolute atomic E-state index is 0.00667. The van der Waals surface area contributed by atoms with Gasteiger partial charge in [-0.15, -0.1) is 23.1 Å². The molecule has 0 atom stereocenters. The zero-order valence-electron chi connectivity index (χ0n) is 20.8. The van der Waals surface area contributed by atoms with Gasteiger partial charge in [0.25, 0.3) is 11.6 Å². The molecule has 14 heteroatoms. The van der Waals surface area contributed by atoms with Crippen molar-refractivity contribution in [3.8, 4) is 0 Å². The van der Waals surface area contributed by atoms with Gasteiger partial charge in [-0.25, -0.2) is 4.79 Å². The van der Waals surface area contributed by atoms with E-state index in [0.29, 0.717) is 33.2 Å². The van der Waals surface area contributed by atoms with Crippen LogP contribution in [0.2, 0.25) is 0 Å². The number of aryl methyl sites for hydroxylation is 1. The number of methoxy groups -OCH3 is 2. The lowest BCUT2D eigenvalue weighted by atomic mass is 9.95. The predicted octanol–water partition coefficient (Wildman–Crippen LogP) is 3.78. The van der Waals surface area contributed by atoms with Crippen molar-refractivity contribution in [3.05, 3.63) is 49.1 Å². The van der Waals surface area contributed by atoms with E-state index in [1.54, 1.807) is 17.7 Å². The van der Waals surface area contributed by atoms with E-state index in [4.69, 9.17) is 9.47 Å². The lowest BCUT2D eigenvalue weighted by molar-refractivity contribution is -0.384. The van der Waals surface area contributed by atoms with Crippen molar-refractivity contribution in [3.63, 3.8) is 0 Å². The Bertz CT molecular complexity index is 1460. The van der Waals surface area contributed by atoms with E-state index in [9.17, 15) is 24.5 Å². The van der Waals surface area contributed by atoms with E-state index >= 15 is 0 Å². The Balaban J connectivity index is 1.43. The third-order valence-electron chi connectivity index (χ3n) is 5.89. The Morgan fingerprint density at radius 2 is 1.97 bits per heavy atom. The van der Waals surface area contributed by atoms with Crippen LogP contribution in [0, 0.1) is 10.1 Å². The Hall–Kier alpha value is -3.07. The number of fused-ring (bicyclic) bond motifs is 2. The van der Waals surface area contributed by atoms with Crippen LogP contribution in [0.25, 0.3) is 10.2 Å². The van der Waals surface area contributed by atoms with Gasteiger partial charge in [0.15, 0.2) is 4.80 Å². The summed E-state index contributed by atoms with van der Waals surface area (Å²) >= 11 is 3.70. The molecule has 0 spiro atoms. The van der Waals surface area contributed by atoms with Gasteiger partial charge in [-0.2, -0.15) is 4.99 Å². The average molecular weight is 579 g/mol. The van der Waals surface area contributed by atoms with Gasteiger partial charge >= 0.3 is 5.97 Å². The first-order chi connectivity index (χ1) is 18.3. The highest BCUT2D eigenvalue weighted by molar-refractivity contribution is 8.00. The van der Waals surface area contributed by atoms with Crippen LogP contribution in [0.3, 0.4) is 0 Å². The number of aromatic nitrogens is 1. The van der Waals surface area contributed by atoms with Crippen molar-refractivity contribution in [1.82, 2.24) is 4.57 Å². The molecule has 38 heavy (non-hydrogen) atoms. The number of esters is 1. The molecule has 0 bridgehead atoms. The van der Waals surface area contributed by atoms with Crippen LogP contribution in [0.4, 0.5) is 10.7 Å². The summed E-state index contributed by atoms with van der Waals surface area (Å²) in [6, 6.07) is 4.50. The molecule has 0 saturated heterocycles. The Morgan fingerprint density at radius 3 is 2.71 bits per heavy atom. The molecule has 2 heterocycles. The second-order valence-electron chi connectivity index (χ2n) is 8.39. The molecule has 1 aromatic carbocycles. The molecule has 1 aliphatic carbocycles. The van der Waals surface area contributed by atoms with Crippen LogP contribution in [0.1, 0.15) is 33.6 Å². The van der Waals surface area contributed by atoms with Crippen molar-refractivity contribution in [2.45, 2.75) is 32.2 Å². The van der Waals surface area contributed by atoms with Crippen molar-refractivity contribution < 1.29 is 28.8 Å². The number of nitro groups is 1. The maximum atomic E-state index is 12.6. The van der Waals surface area contributed by atoms with Gasteiger partial charge in [-0.1, -0.05) is 11.3 Å². The Morgan fingerprint density at radius 1 is 1.18 bits per heavy atom. The minimum atomic E-state index is -0.470. The summed E-state index contributed by atoms with van der Waals surface area (Å²) in [7, 11) is 2.88. The number of hydrogen-bond donors (Lipinski definition) is 1. The van der Waals surface area contributed by atoms with E-state index in [1.807, 2.05) is 0 Å². The lowest BCUT2D eigenvalue weighted by Crippen LogP contribution is -2.20. The standard InChI is InChI=1S/C24H26N4O7S3/c1-34-10-9-27-16-8-7-14(28(32)33)11-18(16)38-24(27)26-20(30)13-36-12-19(29)25-22-21(23(31)35-2)15-5-3-4-6-17(15)37-22/h7-8,11H,3-6,9-10,12-13H2,1-2H3,(H,25,29). The van der Waals surface area contributed by atoms with Crippen molar-refractivity contribution in [1.29, 1.82) is 0 Å². The summed E-state index contributed by atoms with van der Waals surface area (Å²) in [6.07, 6.45) is 3.70. The van der Waals surface area contributed by atoms with Crippen LogP contribution in [-0.4, -0.2) is 59.6 Å². The number of nitro benzene ring substituents is 1. The molecule has 2 aromatic heterocycles. The second-order valence-corrected chi connectivity index (χ2v) is 11.5. The Labute approximate surface area is 230 Å². The number of rotatable bonds is 10. The van der Waals surface area contributed by atoms with E-state index in [1.165, 1.54) is 41.9 Å². The van der Waals surface area contributed by atoms with Gasteiger partial charge in [0.05, 0.1) is 45.9 Å². The summed E-state index contributed by atoms with van der Waals surface area (Å²) in [6.45, 7) is 0.794. The van der Waals surface area contributed by atoms with Gasteiger partial charge in [0.2, 0.25) is 5.91 Å². The maximum absolute atomic E-state index is 12.6. The smallest absolute Gasteiger partial charge is 0.341 e. The largest absolute Gasteiger partial charge is 0.465 e. The van der Waals surface area contributed by atoms with E-state index < -0.39 is 16.8 Å². The molecular formula is C24H26N4O7S3. The van der Waals surface area contributed by atoms with Crippen LogP contribution < -0.4 is 10.1 Å². The zero-order valence-corrected chi connectivity index (χ0v) is 23.3. The lowest BCUT2D eigenvalue weighted by Gasteiger charge is -2.11. The first kappa shape index (κ1) is 28.0. The summed E-state index contributed by atoms with van der Waals surface area (Å²) in [5.41, 5.74) is 2.07. The number of nitrogens with one attached hydrogen (secondary N) is 1. The molecule has 0 fully saturated rings. The number of carbonyl (C=O) groups is 3. The fourth-order valence-electron chi connectivity index (χ4n) is 4.16. The molecule has 0 aliphatic heterocycles. The number of hydrogen-bond acceptors (Lipinski definition) is 10. The topological polar surface area (TPSA) is 142 Å². The van der Waals surface area contributed by atoms with Gasteiger partial charge in [-0.3, -0.25) is 19.7 Å². The molecule has 4 rings (SSSR count). The monoisotopic (exact) mass is 578 g/mol. The third-order valence-corrected chi connectivity index (χ3v) is 9.05. The number of thiophene rings is 1. The number of anilines is 1. The molecule has 0 saturated carbocycles. The van der Waals surface area contributed by atoms with Crippen LogP contribution in [0.15, 0.2) is 23.2 Å². The fourth-order valence-corrected chi connectivity index (χ4v) is 7.16.